The van der Waals surface area contributed by atoms with Crippen molar-refractivity contribution in [2.24, 2.45) is 0 Å². The average molecular weight is 162 g/mol. The average Bonchev–Trinajstić information content (AvgIpc) is 2.78. The molecule has 1 fully saturated rings. The van der Waals surface area contributed by atoms with E-state index < -0.39 is 0 Å². The molecule has 12 heavy (non-hydrogen) atoms. The minimum atomic E-state index is 0.0179. The Morgan fingerprint density at radius 1 is 1.42 bits per heavy atom. The molecule has 0 aromatic heterocycles. The van der Waals surface area contributed by atoms with Crippen molar-refractivity contribution in [2.45, 2.75) is 32.5 Å². The highest BCUT2D eigenvalue weighted by Gasteiger charge is 2.38. The van der Waals surface area contributed by atoms with E-state index in [4.69, 9.17) is 15.3 Å². The Kier molecular flexibility index (Phi) is 2.47. The predicted molar refractivity (Wildman–Crippen MR) is 42.9 cm³/mol. The lowest BCUT2D eigenvalue weighted by molar-refractivity contribution is 0.392. The fourth-order valence-corrected chi connectivity index (χ4v) is 1.24. The Morgan fingerprint density at radius 3 is 2.17 bits per heavy atom. The van der Waals surface area contributed by atoms with E-state index in [9.17, 15) is 0 Å². The summed E-state index contributed by atoms with van der Waals surface area (Å²) in [5.41, 5.74) is 1.05. The minimum absolute atomic E-state index is 0.0179. The Balaban J connectivity index is 2.88. The normalized spacial score (nSPS) is 25.3. The van der Waals surface area contributed by atoms with Gasteiger partial charge < -0.3 is 4.74 Å². The molecular weight excluding hydrogens is 152 g/mol. The molecule has 0 N–H and O–H groups in total. The van der Waals surface area contributed by atoms with E-state index in [2.05, 4.69) is 0 Å². The number of hydrogen-bond acceptors (Lipinski definition) is 3. The molecule has 0 saturated carbocycles. The molecule has 3 heteroatoms. The van der Waals surface area contributed by atoms with Crippen molar-refractivity contribution in [3.63, 3.8) is 0 Å². The van der Waals surface area contributed by atoms with Gasteiger partial charge >= 0.3 is 0 Å². The number of nitriles is 2. The molecule has 1 rings (SSSR count). The number of epoxide rings is 1. The summed E-state index contributed by atoms with van der Waals surface area (Å²) in [6, 6.07) is 3.77. The van der Waals surface area contributed by atoms with E-state index in [-0.39, 0.29) is 17.8 Å². The first-order chi connectivity index (χ1) is 5.74. The largest absolute Gasteiger partial charge is 0.365 e. The third-order valence-corrected chi connectivity index (χ3v) is 1.98. The van der Waals surface area contributed by atoms with E-state index in [0.717, 1.165) is 5.57 Å². The Labute approximate surface area is 71.9 Å². The Hall–Kier alpha value is -1.32. The summed E-state index contributed by atoms with van der Waals surface area (Å²) in [5.74, 6) is 0. The lowest BCUT2D eigenvalue weighted by atomic mass is 10.0. The van der Waals surface area contributed by atoms with E-state index in [1.165, 1.54) is 0 Å². The van der Waals surface area contributed by atoms with Crippen LogP contribution in [0, 0.1) is 22.7 Å². The highest BCUT2D eigenvalue weighted by atomic mass is 16.6. The molecule has 0 aromatic carbocycles. The molecule has 0 radical (unpaired) electrons. The van der Waals surface area contributed by atoms with Crippen molar-refractivity contribution in [3.05, 3.63) is 11.1 Å². The molecule has 0 unspecified atom stereocenters. The molecule has 0 bridgehead atoms. The third kappa shape index (κ3) is 1.47. The van der Waals surface area contributed by atoms with Crippen molar-refractivity contribution in [1.82, 2.24) is 0 Å². The molecule has 2 atom stereocenters. The van der Waals surface area contributed by atoms with Gasteiger partial charge in [-0.05, 0) is 18.9 Å². The molecule has 1 saturated heterocycles. The monoisotopic (exact) mass is 162 g/mol. The summed E-state index contributed by atoms with van der Waals surface area (Å²) >= 11 is 0. The van der Waals surface area contributed by atoms with Gasteiger partial charge in [0.1, 0.15) is 23.8 Å². The van der Waals surface area contributed by atoms with Gasteiger partial charge in [0.05, 0.1) is 6.10 Å². The number of hydrogen-bond donors (Lipinski definition) is 0. The maximum Gasteiger partial charge on any atom is 0.131 e. The predicted octanol–water partition coefficient (Wildman–Crippen LogP) is 1.53. The van der Waals surface area contributed by atoms with Crippen LogP contribution in [0.15, 0.2) is 11.1 Å². The van der Waals surface area contributed by atoms with Gasteiger partial charge in [-0.2, -0.15) is 10.5 Å². The molecule has 0 amide bonds. The molecule has 0 spiro atoms. The van der Waals surface area contributed by atoms with Gasteiger partial charge in [0.2, 0.25) is 0 Å². The first-order valence-corrected chi connectivity index (χ1v) is 3.93. The van der Waals surface area contributed by atoms with Crippen molar-refractivity contribution in [3.8, 4) is 12.1 Å². The fourth-order valence-electron chi connectivity index (χ4n) is 1.24. The molecule has 1 aliphatic rings. The molecule has 0 aromatic rings. The summed E-state index contributed by atoms with van der Waals surface area (Å²) in [5, 5.41) is 17.2. The fraction of sp³-hybridized carbons (Fsp3) is 0.556. The van der Waals surface area contributed by atoms with E-state index in [1.54, 1.807) is 0 Å². The zero-order valence-electron chi connectivity index (χ0n) is 7.16. The second kappa shape index (κ2) is 3.38. The van der Waals surface area contributed by atoms with Crippen molar-refractivity contribution in [1.29, 1.82) is 10.5 Å². The van der Waals surface area contributed by atoms with E-state index in [0.29, 0.717) is 6.42 Å². The van der Waals surface area contributed by atoms with Gasteiger partial charge in [0.25, 0.3) is 0 Å². The second-order valence-electron chi connectivity index (χ2n) is 2.74. The molecule has 1 aliphatic heterocycles. The summed E-state index contributed by atoms with van der Waals surface area (Å²) in [7, 11) is 0. The number of rotatable bonds is 2. The van der Waals surface area contributed by atoms with Crippen LogP contribution in [0.4, 0.5) is 0 Å². The van der Waals surface area contributed by atoms with Crippen LogP contribution in [0.1, 0.15) is 20.3 Å². The van der Waals surface area contributed by atoms with Crippen LogP contribution in [0.3, 0.4) is 0 Å². The smallest absolute Gasteiger partial charge is 0.131 e. The maximum atomic E-state index is 8.60. The van der Waals surface area contributed by atoms with E-state index >= 15 is 0 Å². The number of ether oxygens (including phenoxy) is 1. The van der Waals surface area contributed by atoms with Gasteiger partial charge in [0, 0.05) is 0 Å². The van der Waals surface area contributed by atoms with Crippen molar-refractivity contribution in [2.75, 3.05) is 0 Å². The highest BCUT2D eigenvalue weighted by Crippen LogP contribution is 2.32. The van der Waals surface area contributed by atoms with Crippen LogP contribution in [-0.4, -0.2) is 12.2 Å². The molecular formula is C9H10N2O. The SMILES string of the molecule is CCC(=C(C#N)C#N)[C@@H]1O[C@H]1C. The third-order valence-electron chi connectivity index (χ3n) is 1.98. The van der Waals surface area contributed by atoms with Crippen LogP contribution in [0.2, 0.25) is 0 Å². The molecule has 1 heterocycles. The lowest BCUT2D eigenvalue weighted by Gasteiger charge is -1.97. The zero-order chi connectivity index (χ0) is 9.14. The Bertz CT molecular complexity index is 277. The van der Waals surface area contributed by atoms with Gasteiger partial charge in [-0.1, -0.05) is 6.92 Å². The number of allylic oxidation sites excluding steroid dienone is 1. The van der Waals surface area contributed by atoms with Crippen LogP contribution >= 0.6 is 0 Å². The summed E-state index contributed by atoms with van der Waals surface area (Å²) < 4.78 is 5.19. The van der Waals surface area contributed by atoms with Crippen molar-refractivity contribution >= 4 is 0 Å². The summed E-state index contributed by atoms with van der Waals surface area (Å²) in [6.07, 6.45) is 0.909. The van der Waals surface area contributed by atoms with Crippen LogP contribution in [0.5, 0.6) is 0 Å². The second-order valence-corrected chi connectivity index (χ2v) is 2.74. The first kappa shape index (κ1) is 8.77. The topological polar surface area (TPSA) is 60.1 Å². The standard InChI is InChI=1S/C9H10N2O/c1-3-8(7(4-10)5-11)9-6(2)12-9/h6,9H,3H2,1-2H3/t6-,9+/m0/s1. The summed E-state index contributed by atoms with van der Waals surface area (Å²) in [4.78, 5) is 0. The summed E-state index contributed by atoms with van der Waals surface area (Å²) in [6.45, 7) is 3.87. The van der Waals surface area contributed by atoms with E-state index in [1.807, 2.05) is 26.0 Å². The minimum Gasteiger partial charge on any atom is -0.365 e. The van der Waals surface area contributed by atoms with Gasteiger partial charge in [-0.15, -0.1) is 0 Å². The van der Waals surface area contributed by atoms with Gasteiger partial charge in [-0.25, -0.2) is 0 Å². The molecule has 3 nitrogen and oxygen atoms in total. The van der Waals surface area contributed by atoms with Gasteiger partial charge in [-0.3, -0.25) is 0 Å². The lowest BCUT2D eigenvalue weighted by Crippen LogP contribution is -1.98. The zero-order valence-corrected chi connectivity index (χ0v) is 7.16. The van der Waals surface area contributed by atoms with Crippen LogP contribution in [-0.2, 0) is 4.74 Å². The van der Waals surface area contributed by atoms with Crippen LogP contribution in [0.25, 0.3) is 0 Å². The highest BCUT2D eigenvalue weighted by molar-refractivity contribution is 5.43. The molecule has 62 valence electrons. The quantitative estimate of drug-likeness (QED) is 0.457. The van der Waals surface area contributed by atoms with Crippen LogP contribution < -0.4 is 0 Å². The Morgan fingerprint density at radius 2 is 1.92 bits per heavy atom. The molecule has 0 aliphatic carbocycles. The van der Waals surface area contributed by atoms with Gasteiger partial charge in [0.15, 0.2) is 0 Å². The maximum absolute atomic E-state index is 8.60. The number of nitrogens with zero attached hydrogens (tertiary/aromatic N) is 2. The van der Waals surface area contributed by atoms with Crippen molar-refractivity contribution < 1.29 is 4.74 Å². The first-order valence-electron chi connectivity index (χ1n) is 3.93.